The molecule has 2 rings (SSSR count). The van der Waals surface area contributed by atoms with E-state index >= 15 is 0 Å². The van der Waals surface area contributed by atoms with Gasteiger partial charge in [0.15, 0.2) is 0 Å². The van der Waals surface area contributed by atoms with Crippen molar-refractivity contribution in [2.45, 2.75) is 0 Å². The highest BCUT2D eigenvalue weighted by Crippen LogP contribution is 2.21. The van der Waals surface area contributed by atoms with E-state index in [1.807, 2.05) is 36.4 Å². The van der Waals surface area contributed by atoms with E-state index in [-0.39, 0.29) is 0 Å². The molecule has 0 fully saturated rings. The van der Waals surface area contributed by atoms with Crippen LogP contribution in [0, 0.1) is 11.3 Å². The predicted molar refractivity (Wildman–Crippen MR) is 55.2 cm³/mol. The molecule has 0 saturated heterocycles. The first kappa shape index (κ1) is 8.58. The van der Waals surface area contributed by atoms with E-state index in [0.29, 0.717) is 5.56 Å². The molecule has 0 heterocycles. The van der Waals surface area contributed by atoms with E-state index in [9.17, 15) is 0 Å². The second-order valence-electron chi connectivity index (χ2n) is 3.04. The second-order valence-corrected chi connectivity index (χ2v) is 3.04. The van der Waals surface area contributed by atoms with Crippen LogP contribution >= 0.6 is 0 Å². The summed E-state index contributed by atoms with van der Waals surface area (Å²) in [5.41, 5.74) is 0.683. The molecule has 14 heavy (non-hydrogen) atoms. The molecule has 0 aliphatic heterocycles. The highest BCUT2D eigenvalue weighted by atomic mass is 16.5. The van der Waals surface area contributed by atoms with E-state index in [0.717, 1.165) is 16.5 Å². The minimum atomic E-state index is 0.683. The largest absolute Gasteiger partial charge is 0.497 e. The number of hydrogen-bond acceptors (Lipinski definition) is 2. The summed E-state index contributed by atoms with van der Waals surface area (Å²) in [5.74, 6) is 0.835. The molecule has 2 heteroatoms. The SMILES string of the molecule is COc1ccc2cc(C#N)ccc2c1. The van der Waals surface area contributed by atoms with E-state index in [4.69, 9.17) is 10.00 Å². The van der Waals surface area contributed by atoms with Crippen molar-refractivity contribution in [3.05, 3.63) is 42.0 Å². The number of ether oxygens (including phenoxy) is 1. The lowest BCUT2D eigenvalue weighted by Gasteiger charge is -2.02. The summed E-state index contributed by atoms with van der Waals surface area (Å²) in [4.78, 5) is 0. The molecule has 0 aliphatic rings. The molecule has 0 unspecified atom stereocenters. The maximum Gasteiger partial charge on any atom is 0.119 e. The van der Waals surface area contributed by atoms with Crippen LogP contribution in [0.15, 0.2) is 36.4 Å². The summed E-state index contributed by atoms with van der Waals surface area (Å²) in [6, 6.07) is 13.5. The molecule has 0 amide bonds. The Bertz CT molecular complexity index is 511. The number of rotatable bonds is 1. The van der Waals surface area contributed by atoms with Crippen molar-refractivity contribution in [2.24, 2.45) is 0 Å². The van der Waals surface area contributed by atoms with Crippen LogP contribution in [0.4, 0.5) is 0 Å². The van der Waals surface area contributed by atoms with Crippen LogP contribution < -0.4 is 4.74 Å². The Hall–Kier alpha value is -2.01. The van der Waals surface area contributed by atoms with Crippen LogP contribution in [0.3, 0.4) is 0 Å². The summed E-state index contributed by atoms with van der Waals surface area (Å²) in [6.07, 6.45) is 0. The van der Waals surface area contributed by atoms with Crippen molar-refractivity contribution in [1.82, 2.24) is 0 Å². The Morgan fingerprint density at radius 1 is 1.07 bits per heavy atom. The second kappa shape index (κ2) is 3.39. The average Bonchev–Trinajstić information content (AvgIpc) is 2.27. The number of nitrogens with zero attached hydrogens (tertiary/aromatic N) is 1. The van der Waals surface area contributed by atoms with Gasteiger partial charge < -0.3 is 4.74 Å². The number of methoxy groups -OCH3 is 1. The number of hydrogen-bond donors (Lipinski definition) is 0. The average molecular weight is 183 g/mol. The molecule has 0 aromatic heterocycles. The Labute approximate surface area is 82.3 Å². The van der Waals surface area contributed by atoms with Crippen molar-refractivity contribution >= 4 is 10.8 Å². The molecule has 0 N–H and O–H groups in total. The van der Waals surface area contributed by atoms with E-state index in [1.54, 1.807) is 7.11 Å². The molecule has 68 valence electrons. The molecular weight excluding hydrogens is 174 g/mol. The van der Waals surface area contributed by atoms with Crippen LogP contribution in [-0.2, 0) is 0 Å². The van der Waals surface area contributed by atoms with Gasteiger partial charge in [-0.25, -0.2) is 0 Å². The summed E-state index contributed by atoms with van der Waals surface area (Å²) < 4.78 is 5.11. The van der Waals surface area contributed by atoms with Crippen molar-refractivity contribution in [3.8, 4) is 11.8 Å². The monoisotopic (exact) mass is 183 g/mol. The third-order valence-corrected chi connectivity index (χ3v) is 2.18. The van der Waals surface area contributed by atoms with Crippen LogP contribution in [0.25, 0.3) is 10.8 Å². The highest BCUT2D eigenvalue weighted by Gasteiger charge is 1.97. The van der Waals surface area contributed by atoms with Crippen LogP contribution in [0.2, 0.25) is 0 Å². The molecule has 0 spiro atoms. The van der Waals surface area contributed by atoms with Gasteiger partial charge in [-0.15, -0.1) is 0 Å². The normalized spacial score (nSPS) is 9.71. The van der Waals surface area contributed by atoms with Crippen LogP contribution in [0.1, 0.15) is 5.56 Å². The van der Waals surface area contributed by atoms with Gasteiger partial charge in [-0.05, 0) is 35.0 Å². The molecule has 0 aliphatic carbocycles. The standard InChI is InChI=1S/C12H9NO/c1-14-12-5-4-10-6-9(8-13)2-3-11(10)7-12/h2-7H,1H3. The zero-order valence-corrected chi connectivity index (χ0v) is 7.82. The summed E-state index contributed by atoms with van der Waals surface area (Å²) in [7, 11) is 1.64. The predicted octanol–water partition coefficient (Wildman–Crippen LogP) is 2.72. The first-order chi connectivity index (χ1) is 6.83. The molecule has 2 aromatic rings. The van der Waals surface area contributed by atoms with Gasteiger partial charge in [0.05, 0.1) is 18.7 Å². The first-order valence-corrected chi connectivity index (χ1v) is 4.31. The Morgan fingerprint density at radius 2 is 1.79 bits per heavy atom. The lowest BCUT2D eigenvalue weighted by atomic mass is 10.1. The van der Waals surface area contributed by atoms with E-state index in [1.165, 1.54) is 0 Å². The fourth-order valence-corrected chi connectivity index (χ4v) is 1.42. The summed E-state index contributed by atoms with van der Waals surface area (Å²) in [5, 5.41) is 10.9. The van der Waals surface area contributed by atoms with Gasteiger partial charge in [-0.2, -0.15) is 5.26 Å². The quantitative estimate of drug-likeness (QED) is 0.681. The third kappa shape index (κ3) is 1.40. The molecule has 2 aromatic carbocycles. The number of nitriles is 1. The zero-order valence-electron chi connectivity index (χ0n) is 7.82. The van der Waals surface area contributed by atoms with Gasteiger partial charge in [0.25, 0.3) is 0 Å². The fourth-order valence-electron chi connectivity index (χ4n) is 1.42. The molecular formula is C12H9NO. The van der Waals surface area contributed by atoms with Gasteiger partial charge in [-0.3, -0.25) is 0 Å². The van der Waals surface area contributed by atoms with Gasteiger partial charge in [0, 0.05) is 0 Å². The Kier molecular flexibility index (Phi) is 2.08. The van der Waals surface area contributed by atoms with Gasteiger partial charge >= 0.3 is 0 Å². The minimum absolute atomic E-state index is 0.683. The van der Waals surface area contributed by atoms with Crippen LogP contribution in [0.5, 0.6) is 5.75 Å². The molecule has 0 radical (unpaired) electrons. The third-order valence-electron chi connectivity index (χ3n) is 2.18. The summed E-state index contributed by atoms with van der Waals surface area (Å²) in [6.45, 7) is 0. The molecule has 0 saturated carbocycles. The molecule has 0 bridgehead atoms. The maximum absolute atomic E-state index is 8.72. The van der Waals surface area contributed by atoms with Gasteiger partial charge in [0.2, 0.25) is 0 Å². The lowest BCUT2D eigenvalue weighted by Crippen LogP contribution is -1.82. The lowest BCUT2D eigenvalue weighted by molar-refractivity contribution is 0.415. The van der Waals surface area contributed by atoms with Crippen molar-refractivity contribution in [3.63, 3.8) is 0 Å². The molecule has 0 atom stereocenters. The Balaban J connectivity index is 2.64. The van der Waals surface area contributed by atoms with Gasteiger partial charge in [-0.1, -0.05) is 12.1 Å². The van der Waals surface area contributed by atoms with Gasteiger partial charge in [0.1, 0.15) is 5.75 Å². The van der Waals surface area contributed by atoms with E-state index < -0.39 is 0 Å². The fraction of sp³-hybridized carbons (Fsp3) is 0.0833. The Morgan fingerprint density at radius 3 is 2.50 bits per heavy atom. The number of fused-ring (bicyclic) bond motifs is 1. The minimum Gasteiger partial charge on any atom is -0.497 e. The topological polar surface area (TPSA) is 33.0 Å². The molecule has 2 nitrogen and oxygen atoms in total. The highest BCUT2D eigenvalue weighted by molar-refractivity contribution is 5.85. The van der Waals surface area contributed by atoms with Crippen LogP contribution in [-0.4, -0.2) is 7.11 Å². The zero-order chi connectivity index (χ0) is 9.97. The van der Waals surface area contributed by atoms with Crippen molar-refractivity contribution in [2.75, 3.05) is 7.11 Å². The van der Waals surface area contributed by atoms with E-state index in [2.05, 4.69) is 6.07 Å². The maximum atomic E-state index is 8.72. The first-order valence-electron chi connectivity index (χ1n) is 4.31. The smallest absolute Gasteiger partial charge is 0.119 e. The number of benzene rings is 2. The summed E-state index contributed by atoms with van der Waals surface area (Å²) >= 11 is 0. The van der Waals surface area contributed by atoms with Crippen molar-refractivity contribution in [1.29, 1.82) is 5.26 Å². The van der Waals surface area contributed by atoms with Crippen molar-refractivity contribution < 1.29 is 4.74 Å².